The molecule has 0 saturated carbocycles. The molecule has 0 bridgehead atoms. The van der Waals surface area contributed by atoms with E-state index >= 15 is 0 Å². The maximum Gasteiger partial charge on any atom is 0.275 e. The number of para-hydroxylation sites is 1. The van der Waals surface area contributed by atoms with Gasteiger partial charge in [-0.15, -0.1) is 0 Å². The number of hydrogen-bond donors (Lipinski definition) is 1. The largest absolute Gasteiger partial charge is 0.497 e. The van der Waals surface area contributed by atoms with Crippen molar-refractivity contribution < 1.29 is 9.53 Å². The quantitative estimate of drug-likeness (QED) is 0.800. The molecule has 0 aliphatic heterocycles. The summed E-state index contributed by atoms with van der Waals surface area (Å²) >= 11 is 0. The highest BCUT2D eigenvalue weighted by atomic mass is 16.5. The zero-order valence-electron chi connectivity index (χ0n) is 11.4. The molecule has 3 rings (SSSR count). The van der Waals surface area contributed by atoms with Gasteiger partial charge in [-0.1, -0.05) is 18.2 Å². The molecule has 104 valence electrons. The van der Waals surface area contributed by atoms with Gasteiger partial charge in [-0.3, -0.25) is 4.79 Å². The average molecular weight is 279 g/mol. The fourth-order valence-corrected chi connectivity index (χ4v) is 2.05. The zero-order chi connectivity index (χ0) is 14.7. The molecule has 5 heteroatoms. The van der Waals surface area contributed by atoms with Gasteiger partial charge in [-0.2, -0.15) is 0 Å². The van der Waals surface area contributed by atoms with E-state index in [0.29, 0.717) is 11.4 Å². The van der Waals surface area contributed by atoms with E-state index in [4.69, 9.17) is 4.74 Å². The molecule has 21 heavy (non-hydrogen) atoms. The summed E-state index contributed by atoms with van der Waals surface area (Å²) in [6.07, 6.45) is 1.39. The number of ether oxygens (including phenoxy) is 1. The van der Waals surface area contributed by atoms with Gasteiger partial charge in [0.1, 0.15) is 17.8 Å². The summed E-state index contributed by atoms with van der Waals surface area (Å²) in [5.74, 6) is 0.472. The number of methoxy groups -OCH3 is 1. The summed E-state index contributed by atoms with van der Waals surface area (Å²) in [4.78, 5) is 20.6. The molecule has 0 spiro atoms. The Balaban J connectivity index is 1.90. The van der Waals surface area contributed by atoms with E-state index in [1.807, 2.05) is 24.3 Å². The summed E-state index contributed by atoms with van der Waals surface area (Å²) in [6.45, 7) is 0. The summed E-state index contributed by atoms with van der Waals surface area (Å²) in [5, 5.41) is 3.54. The minimum absolute atomic E-state index is 0.265. The Bertz CT molecular complexity index is 780. The number of hydrogen-bond acceptors (Lipinski definition) is 4. The maximum atomic E-state index is 12.3. The molecule has 0 atom stereocenters. The molecule has 5 nitrogen and oxygen atoms in total. The van der Waals surface area contributed by atoms with Gasteiger partial charge >= 0.3 is 0 Å². The first-order valence-corrected chi connectivity index (χ1v) is 6.43. The first-order chi connectivity index (χ1) is 10.3. The Morgan fingerprint density at radius 3 is 2.57 bits per heavy atom. The van der Waals surface area contributed by atoms with Crippen LogP contribution in [0, 0.1) is 0 Å². The van der Waals surface area contributed by atoms with Crippen LogP contribution in [0.25, 0.3) is 10.9 Å². The average Bonchev–Trinajstić information content (AvgIpc) is 2.55. The number of anilines is 1. The van der Waals surface area contributed by atoms with Crippen molar-refractivity contribution in [2.24, 2.45) is 0 Å². The lowest BCUT2D eigenvalue weighted by molar-refractivity contribution is 0.102. The molecule has 3 aromatic rings. The molecule has 1 N–H and O–H groups in total. The van der Waals surface area contributed by atoms with Crippen molar-refractivity contribution in [2.45, 2.75) is 0 Å². The van der Waals surface area contributed by atoms with Crippen LogP contribution in [0.1, 0.15) is 10.5 Å². The highest BCUT2D eigenvalue weighted by Crippen LogP contribution is 2.18. The summed E-state index contributed by atoms with van der Waals surface area (Å²) in [5.41, 5.74) is 1.78. The third-order valence-corrected chi connectivity index (χ3v) is 3.11. The number of nitrogens with one attached hydrogen (secondary N) is 1. The molecule has 1 heterocycles. The maximum absolute atomic E-state index is 12.3. The van der Waals surface area contributed by atoms with E-state index in [1.165, 1.54) is 6.33 Å². The van der Waals surface area contributed by atoms with Crippen LogP contribution in [0.2, 0.25) is 0 Å². The van der Waals surface area contributed by atoms with E-state index in [9.17, 15) is 4.79 Å². The first kappa shape index (κ1) is 13.1. The highest BCUT2D eigenvalue weighted by Gasteiger charge is 2.12. The number of nitrogens with zero attached hydrogens (tertiary/aromatic N) is 2. The number of aromatic nitrogens is 2. The molecule has 2 aromatic carbocycles. The van der Waals surface area contributed by atoms with E-state index in [1.54, 1.807) is 31.4 Å². The topological polar surface area (TPSA) is 64.1 Å². The summed E-state index contributed by atoms with van der Waals surface area (Å²) in [7, 11) is 1.60. The Hall–Kier alpha value is -2.95. The second-order valence-corrected chi connectivity index (χ2v) is 4.42. The van der Waals surface area contributed by atoms with Crippen molar-refractivity contribution in [1.29, 1.82) is 0 Å². The van der Waals surface area contributed by atoms with Crippen molar-refractivity contribution in [2.75, 3.05) is 12.4 Å². The summed E-state index contributed by atoms with van der Waals surface area (Å²) < 4.78 is 5.08. The van der Waals surface area contributed by atoms with E-state index in [-0.39, 0.29) is 5.91 Å². The number of carbonyl (C=O) groups is 1. The predicted molar refractivity (Wildman–Crippen MR) is 80.5 cm³/mol. The zero-order valence-corrected chi connectivity index (χ0v) is 11.4. The lowest BCUT2D eigenvalue weighted by Crippen LogP contribution is -2.14. The van der Waals surface area contributed by atoms with Crippen LogP contribution in [-0.2, 0) is 0 Å². The third-order valence-electron chi connectivity index (χ3n) is 3.11. The van der Waals surface area contributed by atoms with Gasteiger partial charge in [0.15, 0.2) is 0 Å². The SMILES string of the molecule is COc1ccc(NC(=O)c2ncnc3ccccc23)cc1. The molecule has 0 unspecified atom stereocenters. The molecule has 0 aliphatic carbocycles. The molecule has 1 aromatic heterocycles. The van der Waals surface area contributed by atoms with Crippen molar-refractivity contribution in [1.82, 2.24) is 9.97 Å². The highest BCUT2D eigenvalue weighted by molar-refractivity contribution is 6.10. The van der Waals surface area contributed by atoms with E-state index < -0.39 is 0 Å². The number of carbonyl (C=O) groups excluding carboxylic acids is 1. The monoisotopic (exact) mass is 279 g/mol. The van der Waals surface area contributed by atoms with Crippen molar-refractivity contribution >= 4 is 22.5 Å². The lowest BCUT2D eigenvalue weighted by atomic mass is 10.2. The van der Waals surface area contributed by atoms with Gasteiger partial charge in [-0.05, 0) is 30.3 Å². The van der Waals surface area contributed by atoms with Crippen LogP contribution in [0.5, 0.6) is 5.75 Å². The van der Waals surface area contributed by atoms with Crippen LogP contribution in [0.15, 0.2) is 54.9 Å². The van der Waals surface area contributed by atoms with Gasteiger partial charge in [0.05, 0.1) is 12.6 Å². The second kappa shape index (κ2) is 5.58. The van der Waals surface area contributed by atoms with Crippen LogP contribution in [0.3, 0.4) is 0 Å². The minimum Gasteiger partial charge on any atom is -0.497 e. The Kier molecular flexibility index (Phi) is 3.47. The smallest absolute Gasteiger partial charge is 0.275 e. The van der Waals surface area contributed by atoms with Gasteiger partial charge in [0.25, 0.3) is 5.91 Å². The number of rotatable bonds is 3. The van der Waals surface area contributed by atoms with Crippen LogP contribution >= 0.6 is 0 Å². The normalized spacial score (nSPS) is 10.3. The fourth-order valence-electron chi connectivity index (χ4n) is 2.05. The van der Waals surface area contributed by atoms with Crippen LogP contribution in [0.4, 0.5) is 5.69 Å². The van der Waals surface area contributed by atoms with Crippen LogP contribution in [-0.4, -0.2) is 23.0 Å². The number of fused-ring (bicyclic) bond motifs is 1. The molecule has 0 fully saturated rings. The second-order valence-electron chi connectivity index (χ2n) is 4.42. The molecule has 1 amide bonds. The molecular formula is C16H13N3O2. The fraction of sp³-hybridized carbons (Fsp3) is 0.0625. The Morgan fingerprint density at radius 2 is 1.81 bits per heavy atom. The van der Waals surface area contributed by atoms with Gasteiger partial charge in [0, 0.05) is 11.1 Å². The minimum atomic E-state index is -0.265. The van der Waals surface area contributed by atoms with E-state index in [0.717, 1.165) is 16.7 Å². The number of amides is 1. The van der Waals surface area contributed by atoms with Gasteiger partial charge in [-0.25, -0.2) is 9.97 Å². The standard InChI is InChI=1S/C16H13N3O2/c1-21-12-8-6-11(7-9-12)19-16(20)15-13-4-2-3-5-14(13)17-10-18-15/h2-10H,1H3,(H,19,20). The van der Waals surface area contributed by atoms with Crippen molar-refractivity contribution in [3.05, 3.63) is 60.6 Å². The molecule has 0 aliphatic rings. The molecule has 0 radical (unpaired) electrons. The first-order valence-electron chi connectivity index (χ1n) is 6.43. The lowest BCUT2D eigenvalue weighted by Gasteiger charge is -2.07. The Labute approximate surface area is 121 Å². The number of benzene rings is 2. The van der Waals surface area contributed by atoms with Crippen molar-refractivity contribution in [3.63, 3.8) is 0 Å². The van der Waals surface area contributed by atoms with Gasteiger partial charge in [0.2, 0.25) is 0 Å². The third kappa shape index (κ3) is 2.67. The van der Waals surface area contributed by atoms with Crippen molar-refractivity contribution in [3.8, 4) is 5.75 Å². The van der Waals surface area contributed by atoms with E-state index in [2.05, 4.69) is 15.3 Å². The summed E-state index contributed by atoms with van der Waals surface area (Å²) in [6, 6.07) is 14.5. The predicted octanol–water partition coefficient (Wildman–Crippen LogP) is 2.89. The van der Waals surface area contributed by atoms with Crippen LogP contribution < -0.4 is 10.1 Å². The molecule has 0 saturated heterocycles. The van der Waals surface area contributed by atoms with Gasteiger partial charge < -0.3 is 10.1 Å². The molecular weight excluding hydrogens is 266 g/mol. The Morgan fingerprint density at radius 1 is 1.05 bits per heavy atom.